The summed E-state index contributed by atoms with van der Waals surface area (Å²) in [5.41, 5.74) is 0.164. The van der Waals surface area contributed by atoms with E-state index in [1.807, 2.05) is 0 Å². The fraction of sp³-hybridized carbons (Fsp3) is 0.667. The van der Waals surface area contributed by atoms with Crippen molar-refractivity contribution >= 4 is 17.9 Å². The molecule has 0 aromatic rings. The molecule has 0 unspecified atom stereocenters. The average molecular weight is 296 g/mol. The second-order valence-electron chi connectivity index (χ2n) is 6.03. The molecule has 1 aliphatic rings. The van der Waals surface area contributed by atoms with Crippen LogP contribution >= 0.6 is 0 Å². The number of carboxylic acids is 1. The fourth-order valence-electron chi connectivity index (χ4n) is 2.16. The van der Waals surface area contributed by atoms with Gasteiger partial charge >= 0.3 is 12.0 Å². The standard InChI is InChI=1S/C15H24N2O4/c1-15(2,13(19)20)10-12(18)17-14(21)16-9-8-11-6-4-3-5-7-11/h6H,3-5,7-10H2,1-2H3,(H,19,20)(H2,16,17,18,21). The third-order valence-electron chi connectivity index (χ3n) is 3.55. The van der Waals surface area contributed by atoms with Crippen molar-refractivity contribution < 1.29 is 19.5 Å². The maximum atomic E-state index is 11.6. The molecule has 118 valence electrons. The van der Waals surface area contributed by atoms with Gasteiger partial charge in [-0.05, 0) is 46.0 Å². The number of rotatable bonds is 6. The van der Waals surface area contributed by atoms with E-state index < -0.39 is 23.3 Å². The number of nitrogens with one attached hydrogen (secondary N) is 2. The van der Waals surface area contributed by atoms with Crippen LogP contribution in [0.25, 0.3) is 0 Å². The van der Waals surface area contributed by atoms with Crippen LogP contribution in [0.4, 0.5) is 4.79 Å². The summed E-state index contributed by atoms with van der Waals surface area (Å²) < 4.78 is 0. The summed E-state index contributed by atoms with van der Waals surface area (Å²) in [5.74, 6) is -1.65. The highest BCUT2D eigenvalue weighted by Gasteiger charge is 2.30. The molecule has 1 rings (SSSR count). The van der Waals surface area contributed by atoms with Crippen molar-refractivity contribution in [2.24, 2.45) is 5.41 Å². The molecule has 0 atom stereocenters. The van der Waals surface area contributed by atoms with Gasteiger partial charge in [0, 0.05) is 13.0 Å². The second-order valence-corrected chi connectivity index (χ2v) is 6.03. The van der Waals surface area contributed by atoms with Gasteiger partial charge in [0.05, 0.1) is 5.41 Å². The van der Waals surface area contributed by atoms with Gasteiger partial charge in [0.2, 0.25) is 5.91 Å². The maximum Gasteiger partial charge on any atom is 0.321 e. The predicted molar refractivity (Wildman–Crippen MR) is 78.7 cm³/mol. The molecule has 0 radical (unpaired) electrons. The van der Waals surface area contributed by atoms with Gasteiger partial charge in [-0.3, -0.25) is 14.9 Å². The van der Waals surface area contributed by atoms with E-state index in [2.05, 4.69) is 16.7 Å². The zero-order valence-corrected chi connectivity index (χ0v) is 12.7. The lowest BCUT2D eigenvalue weighted by atomic mass is 9.89. The zero-order valence-electron chi connectivity index (χ0n) is 12.7. The van der Waals surface area contributed by atoms with Crippen LogP contribution in [0.15, 0.2) is 11.6 Å². The third-order valence-corrected chi connectivity index (χ3v) is 3.55. The first-order valence-electron chi connectivity index (χ1n) is 7.30. The van der Waals surface area contributed by atoms with E-state index in [9.17, 15) is 14.4 Å². The average Bonchev–Trinajstić information content (AvgIpc) is 2.38. The lowest BCUT2D eigenvalue weighted by Crippen LogP contribution is -2.42. The summed E-state index contributed by atoms with van der Waals surface area (Å²) in [6, 6.07) is -0.572. The molecule has 0 aromatic heterocycles. The molecule has 3 N–H and O–H groups in total. The summed E-state index contributed by atoms with van der Waals surface area (Å²) in [6.07, 6.45) is 7.37. The Morgan fingerprint density at radius 2 is 2.00 bits per heavy atom. The fourth-order valence-corrected chi connectivity index (χ4v) is 2.16. The lowest BCUT2D eigenvalue weighted by Gasteiger charge is -2.18. The van der Waals surface area contributed by atoms with E-state index in [4.69, 9.17) is 5.11 Å². The number of amides is 3. The molecule has 0 heterocycles. The molecule has 21 heavy (non-hydrogen) atoms. The van der Waals surface area contributed by atoms with Crippen molar-refractivity contribution in [1.82, 2.24) is 10.6 Å². The first-order chi connectivity index (χ1) is 9.81. The Balaban J connectivity index is 2.25. The SMILES string of the molecule is CC(C)(CC(=O)NC(=O)NCCC1=CCCCC1)C(=O)O. The van der Waals surface area contributed by atoms with Crippen LogP contribution < -0.4 is 10.6 Å². The highest BCUT2D eigenvalue weighted by molar-refractivity contribution is 5.96. The Bertz CT molecular complexity index is 441. The number of imide groups is 1. The topological polar surface area (TPSA) is 95.5 Å². The number of carbonyl (C=O) groups excluding carboxylic acids is 2. The second kappa shape index (κ2) is 7.81. The molecule has 0 aliphatic heterocycles. The number of urea groups is 1. The Morgan fingerprint density at radius 3 is 2.57 bits per heavy atom. The van der Waals surface area contributed by atoms with Gasteiger partial charge in [0.25, 0.3) is 0 Å². The summed E-state index contributed by atoms with van der Waals surface area (Å²) in [7, 11) is 0. The highest BCUT2D eigenvalue weighted by atomic mass is 16.4. The largest absolute Gasteiger partial charge is 0.481 e. The molecule has 0 saturated heterocycles. The molecule has 0 fully saturated rings. The quantitative estimate of drug-likeness (QED) is 0.655. The molecule has 1 aliphatic carbocycles. The molecule has 3 amide bonds. The smallest absolute Gasteiger partial charge is 0.321 e. The highest BCUT2D eigenvalue weighted by Crippen LogP contribution is 2.20. The van der Waals surface area contributed by atoms with E-state index in [1.165, 1.54) is 32.3 Å². The minimum absolute atomic E-state index is 0.235. The number of hydrogen-bond donors (Lipinski definition) is 3. The maximum absolute atomic E-state index is 11.6. The van der Waals surface area contributed by atoms with Crippen LogP contribution in [-0.2, 0) is 9.59 Å². The molecule has 0 saturated carbocycles. The first kappa shape index (κ1) is 17.2. The summed E-state index contributed by atoms with van der Waals surface area (Å²) in [5, 5.41) is 13.7. The van der Waals surface area contributed by atoms with Gasteiger partial charge < -0.3 is 10.4 Å². The monoisotopic (exact) mass is 296 g/mol. The van der Waals surface area contributed by atoms with Gasteiger partial charge in [-0.2, -0.15) is 0 Å². The lowest BCUT2D eigenvalue weighted by molar-refractivity contribution is -0.149. The molecular weight excluding hydrogens is 272 g/mol. The predicted octanol–water partition coefficient (Wildman–Crippen LogP) is 2.20. The van der Waals surface area contributed by atoms with Crippen molar-refractivity contribution in [2.75, 3.05) is 6.54 Å². The van der Waals surface area contributed by atoms with Gasteiger partial charge in [0.15, 0.2) is 0 Å². The summed E-state index contributed by atoms with van der Waals surface area (Å²) in [4.78, 5) is 34.0. The minimum atomic E-state index is -1.18. The molecule has 0 bridgehead atoms. The van der Waals surface area contributed by atoms with Crippen molar-refractivity contribution in [3.8, 4) is 0 Å². The molecule has 6 nitrogen and oxygen atoms in total. The molecule has 6 heteroatoms. The van der Waals surface area contributed by atoms with E-state index in [-0.39, 0.29) is 6.42 Å². The third kappa shape index (κ3) is 6.42. The molecule has 0 spiro atoms. The van der Waals surface area contributed by atoms with Crippen LogP contribution in [0, 0.1) is 5.41 Å². The number of hydrogen-bond acceptors (Lipinski definition) is 3. The first-order valence-corrected chi connectivity index (χ1v) is 7.30. The number of carbonyl (C=O) groups is 3. The molecular formula is C15H24N2O4. The molecule has 0 aromatic carbocycles. The Morgan fingerprint density at radius 1 is 1.29 bits per heavy atom. The van der Waals surface area contributed by atoms with Crippen LogP contribution in [0.2, 0.25) is 0 Å². The van der Waals surface area contributed by atoms with E-state index in [1.54, 1.807) is 0 Å². The van der Waals surface area contributed by atoms with Crippen LogP contribution in [0.1, 0.15) is 52.4 Å². The van der Waals surface area contributed by atoms with Gasteiger partial charge in [-0.1, -0.05) is 11.6 Å². The van der Waals surface area contributed by atoms with Crippen LogP contribution in [0.3, 0.4) is 0 Å². The zero-order chi connectivity index (χ0) is 15.9. The van der Waals surface area contributed by atoms with Crippen LogP contribution in [-0.4, -0.2) is 29.6 Å². The van der Waals surface area contributed by atoms with E-state index in [0.717, 1.165) is 19.3 Å². The van der Waals surface area contributed by atoms with Gasteiger partial charge in [-0.15, -0.1) is 0 Å². The Kier molecular flexibility index (Phi) is 6.39. The minimum Gasteiger partial charge on any atom is -0.481 e. The van der Waals surface area contributed by atoms with Crippen LogP contribution in [0.5, 0.6) is 0 Å². The van der Waals surface area contributed by atoms with E-state index in [0.29, 0.717) is 6.54 Å². The number of carboxylic acid groups (broad SMARTS) is 1. The van der Waals surface area contributed by atoms with Gasteiger partial charge in [0.1, 0.15) is 0 Å². The summed E-state index contributed by atoms with van der Waals surface area (Å²) in [6.45, 7) is 3.37. The van der Waals surface area contributed by atoms with Crippen molar-refractivity contribution in [3.63, 3.8) is 0 Å². The van der Waals surface area contributed by atoms with Crippen molar-refractivity contribution in [1.29, 1.82) is 0 Å². The Hall–Kier alpha value is -1.85. The Labute approximate surface area is 125 Å². The van der Waals surface area contributed by atoms with Crippen molar-refractivity contribution in [3.05, 3.63) is 11.6 Å². The summed E-state index contributed by atoms with van der Waals surface area (Å²) >= 11 is 0. The normalized spacial score (nSPS) is 15.0. The van der Waals surface area contributed by atoms with Gasteiger partial charge in [-0.25, -0.2) is 4.79 Å². The van der Waals surface area contributed by atoms with Crippen molar-refractivity contribution in [2.45, 2.75) is 52.4 Å². The van der Waals surface area contributed by atoms with E-state index >= 15 is 0 Å². The number of allylic oxidation sites excluding steroid dienone is 1. The number of aliphatic carboxylic acids is 1.